The van der Waals surface area contributed by atoms with Crippen molar-refractivity contribution in [3.05, 3.63) is 29.6 Å². The van der Waals surface area contributed by atoms with E-state index in [4.69, 9.17) is 5.26 Å². The molecule has 128 valence electrons. The van der Waals surface area contributed by atoms with Crippen LogP contribution in [0.1, 0.15) is 31.2 Å². The lowest BCUT2D eigenvalue weighted by Gasteiger charge is -2.34. The summed E-state index contributed by atoms with van der Waals surface area (Å²) in [6, 6.07) is 6.51. The van der Waals surface area contributed by atoms with E-state index < -0.39 is 0 Å². The second-order valence-corrected chi connectivity index (χ2v) is 6.63. The van der Waals surface area contributed by atoms with Crippen molar-refractivity contribution in [2.45, 2.75) is 31.7 Å². The second-order valence-electron chi connectivity index (χ2n) is 6.63. The Kier molecular flexibility index (Phi) is 5.31. The molecule has 2 atom stereocenters. The van der Waals surface area contributed by atoms with Crippen LogP contribution in [0.25, 0.3) is 0 Å². The lowest BCUT2D eigenvalue weighted by Crippen LogP contribution is -2.45. The van der Waals surface area contributed by atoms with Crippen LogP contribution in [-0.4, -0.2) is 38.1 Å². The molecule has 24 heavy (non-hydrogen) atoms. The fraction of sp³-hybridized carbons (Fsp3) is 0.556. The first kappa shape index (κ1) is 16.7. The molecule has 2 N–H and O–H groups in total. The van der Waals surface area contributed by atoms with E-state index >= 15 is 0 Å². The first-order chi connectivity index (χ1) is 11.7. The van der Waals surface area contributed by atoms with Crippen molar-refractivity contribution >= 4 is 11.6 Å². The van der Waals surface area contributed by atoms with Gasteiger partial charge in [0.05, 0.1) is 23.4 Å². The molecule has 0 spiro atoms. The highest BCUT2D eigenvalue weighted by atomic mass is 19.1. The summed E-state index contributed by atoms with van der Waals surface area (Å²) in [4.78, 5) is 14.1. The van der Waals surface area contributed by atoms with Gasteiger partial charge in [-0.05, 0) is 56.3 Å². The fourth-order valence-corrected chi connectivity index (χ4v) is 3.56. The number of nitrogens with one attached hydrogen (secondary N) is 2. The van der Waals surface area contributed by atoms with E-state index in [1.165, 1.54) is 6.07 Å². The molecule has 1 aromatic carbocycles. The van der Waals surface area contributed by atoms with Gasteiger partial charge in [0.1, 0.15) is 5.82 Å². The Bertz CT molecular complexity index is 636. The zero-order chi connectivity index (χ0) is 16.9. The summed E-state index contributed by atoms with van der Waals surface area (Å²) in [5, 5.41) is 15.1. The Morgan fingerprint density at radius 2 is 2.29 bits per heavy atom. The Balaban J connectivity index is 1.56. The summed E-state index contributed by atoms with van der Waals surface area (Å²) in [6.45, 7) is 3.07. The molecular formula is C18H23FN4O. The summed E-state index contributed by atoms with van der Waals surface area (Å²) in [7, 11) is 0. The van der Waals surface area contributed by atoms with E-state index in [0.717, 1.165) is 45.3 Å². The van der Waals surface area contributed by atoms with Crippen LogP contribution in [0, 0.1) is 23.1 Å². The van der Waals surface area contributed by atoms with Crippen LogP contribution >= 0.6 is 0 Å². The third-order valence-electron chi connectivity index (χ3n) is 4.88. The number of amides is 1. The van der Waals surface area contributed by atoms with Gasteiger partial charge in [0, 0.05) is 19.6 Å². The maximum absolute atomic E-state index is 14.2. The topological polar surface area (TPSA) is 68.2 Å². The van der Waals surface area contributed by atoms with Crippen molar-refractivity contribution in [2.75, 3.05) is 31.1 Å². The minimum atomic E-state index is -0.353. The number of halogens is 1. The number of anilines is 1. The number of hydrogen-bond donors (Lipinski definition) is 2. The molecular weight excluding hydrogens is 307 g/mol. The second kappa shape index (κ2) is 7.63. The number of piperidine rings is 1. The van der Waals surface area contributed by atoms with Crippen molar-refractivity contribution in [1.82, 2.24) is 10.6 Å². The predicted molar refractivity (Wildman–Crippen MR) is 90.1 cm³/mol. The molecule has 2 saturated heterocycles. The average molecular weight is 330 g/mol. The van der Waals surface area contributed by atoms with E-state index in [2.05, 4.69) is 10.6 Å². The number of nitriles is 1. The minimum Gasteiger partial charge on any atom is -0.369 e. The standard InChI is InChI=1S/C18H23FN4O/c19-15-9-13(10-20)5-6-17(15)23-8-2-3-14(12-23)11-22-18(24)16-4-1-7-21-16/h5-6,9,14,16,21H,1-4,7-8,11-12H2,(H,22,24). The molecule has 5 nitrogen and oxygen atoms in total. The molecule has 0 radical (unpaired) electrons. The average Bonchev–Trinajstić information content (AvgIpc) is 3.14. The van der Waals surface area contributed by atoms with Gasteiger partial charge >= 0.3 is 0 Å². The van der Waals surface area contributed by atoms with E-state index in [1.54, 1.807) is 12.1 Å². The van der Waals surface area contributed by atoms with Crippen LogP contribution in [-0.2, 0) is 4.79 Å². The van der Waals surface area contributed by atoms with Crippen LogP contribution in [0.15, 0.2) is 18.2 Å². The molecule has 0 bridgehead atoms. The normalized spacial score (nSPS) is 23.8. The number of carbonyl (C=O) groups excluding carboxylic acids is 1. The van der Waals surface area contributed by atoms with Gasteiger partial charge in [-0.15, -0.1) is 0 Å². The SMILES string of the molecule is N#Cc1ccc(N2CCCC(CNC(=O)C3CCCN3)C2)c(F)c1. The van der Waals surface area contributed by atoms with E-state index in [-0.39, 0.29) is 17.8 Å². The van der Waals surface area contributed by atoms with E-state index in [9.17, 15) is 9.18 Å². The molecule has 2 aliphatic heterocycles. The zero-order valence-corrected chi connectivity index (χ0v) is 13.7. The first-order valence-corrected chi connectivity index (χ1v) is 8.63. The van der Waals surface area contributed by atoms with Crippen LogP contribution in [0.4, 0.5) is 10.1 Å². The Hall–Kier alpha value is -2.13. The Labute approximate surface area is 141 Å². The fourth-order valence-electron chi connectivity index (χ4n) is 3.56. The summed E-state index contributed by atoms with van der Waals surface area (Å²) in [6.07, 6.45) is 3.96. The molecule has 0 aliphatic carbocycles. The molecule has 2 heterocycles. The van der Waals surface area contributed by atoms with Gasteiger partial charge in [-0.1, -0.05) is 0 Å². The van der Waals surface area contributed by atoms with Gasteiger partial charge in [-0.2, -0.15) is 5.26 Å². The monoisotopic (exact) mass is 330 g/mol. The van der Waals surface area contributed by atoms with Gasteiger partial charge in [0.15, 0.2) is 0 Å². The largest absolute Gasteiger partial charge is 0.369 e. The number of carbonyl (C=O) groups is 1. The van der Waals surface area contributed by atoms with Crippen molar-refractivity contribution in [1.29, 1.82) is 5.26 Å². The highest BCUT2D eigenvalue weighted by Crippen LogP contribution is 2.26. The lowest BCUT2D eigenvalue weighted by atomic mass is 9.97. The van der Waals surface area contributed by atoms with Gasteiger partial charge < -0.3 is 15.5 Å². The summed E-state index contributed by atoms with van der Waals surface area (Å²) in [5.74, 6) is 0.0437. The van der Waals surface area contributed by atoms with Gasteiger partial charge in [0.25, 0.3) is 0 Å². The van der Waals surface area contributed by atoms with Gasteiger partial charge in [0.2, 0.25) is 5.91 Å². The molecule has 0 saturated carbocycles. The van der Waals surface area contributed by atoms with E-state index in [1.807, 2.05) is 11.0 Å². The third-order valence-corrected chi connectivity index (χ3v) is 4.88. The van der Waals surface area contributed by atoms with Crippen molar-refractivity contribution in [3.63, 3.8) is 0 Å². The molecule has 1 aromatic rings. The minimum absolute atomic E-state index is 0.0549. The van der Waals surface area contributed by atoms with Crippen LogP contribution in [0.5, 0.6) is 0 Å². The predicted octanol–water partition coefficient (Wildman–Crippen LogP) is 1.78. The molecule has 2 unspecified atom stereocenters. The van der Waals surface area contributed by atoms with Gasteiger partial charge in [-0.3, -0.25) is 4.79 Å². The smallest absolute Gasteiger partial charge is 0.237 e. The van der Waals surface area contributed by atoms with Gasteiger partial charge in [-0.25, -0.2) is 4.39 Å². The number of benzene rings is 1. The number of nitrogens with zero attached hydrogens (tertiary/aromatic N) is 2. The highest BCUT2D eigenvalue weighted by molar-refractivity contribution is 5.82. The Morgan fingerprint density at radius 1 is 1.42 bits per heavy atom. The molecule has 6 heteroatoms. The summed E-state index contributed by atoms with van der Waals surface area (Å²) in [5.41, 5.74) is 0.878. The first-order valence-electron chi connectivity index (χ1n) is 8.63. The molecule has 1 amide bonds. The molecule has 2 fully saturated rings. The number of rotatable bonds is 4. The van der Waals surface area contributed by atoms with Crippen molar-refractivity contribution in [3.8, 4) is 6.07 Å². The van der Waals surface area contributed by atoms with Crippen LogP contribution < -0.4 is 15.5 Å². The molecule has 2 aliphatic rings. The lowest BCUT2D eigenvalue weighted by molar-refractivity contribution is -0.123. The van der Waals surface area contributed by atoms with E-state index in [0.29, 0.717) is 23.7 Å². The number of hydrogen-bond acceptors (Lipinski definition) is 4. The maximum atomic E-state index is 14.2. The summed E-state index contributed by atoms with van der Waals surface area (Å²) < 4.78 is 14.2. The summed E-state index contributed by atoms with van der Waals surface area (Å²) >= 11 is 0. The maximum Gasteiger partial charge on any atom is 0.237 e. The van der Waals surface area contributed by atoms with Crippen molar-refractivity contribution in [2.24, 2.45) is 5.92 Å². The highest BCUT2D eigenvalue weighted by Gasteiger charge is 2.25. The third kappa shape index (κ3) is 3.85. The molecule has 0 aromatic heterocycles. The van der Waals surface area contributed by atoms with Crippen LogP contribution in [0.2, 0.25) is 0 Å². The zero-order valence-electron chi connectivity index (χ0n) is 13.7. The Morgan fingerprint density at radius 3 is 3.00 bits per heavy atom. The van der Waals surface area contributed by atoms with Crippen molar-refractivity contribution < 1.29 is 9.18 Å². The van der Waals surface area contributed by atoms with Crippen LogP contribution in [0.3, 0.4) is 0 Å². The quantitative estimate of drug-likeness (QED) is 0.883. The molecule has 3 rings (SSSR count).